The minimum absolute atomic E-state index is 0.000805. The number of carbonyl (C=O) groups is 2. The molecule has 2 amide bonds. The molecule has 4 heterocycles. The van der Waals surface area contributed by atoms with Crippen LogP contribution in [0.15, 0.2) is 42.7 Å². The summed E-state index contributed by atoms with van der Waals surface area (Å²) in [6.07, 6.45) is 3.88. The Balaban J connectivity index is 1.42. The fourth-order valence-electron chi connectivity index (χ4n) is 4.69. The molecule has 2 N–H and O–H groups in total. The number of hydrogen-bond acceptors (Lipinski definition) is 6. The van der Waals surface area contributed by atoms with Gasteiger partial charge in [0.2, 0.25) is 0 Å². The number of hydrogen-bond donors (Lipinski definition) is 2. The zero-order chi connectivity index (χ0) is 28.6. The van der Waals surface area contributed by atoms with Crippen LogP contribution in [0.2, 0.25) is 0 Å². The topological polar surface area (TPSA) is 106 Å². The number of aryl methyl sites for hydroxylation is 1. The van der Waals surface area contributed by atoms with E-state index in [0.717, 1.165) is 25.1 Å². The lowest BCUT2D eigenvalue weighted by Crippen LogP contribution is -2.37. The lowest BCUT2D eigenvalue weighted by Gasteiger charge is -2.23. The van der Waals surface area contributed by atoms with Crippen molar-refractivity contribution in [2.45, 2.75) is 32.5 Å². The van der Waals surface area contributed by atoms with Gasteiger partial charge < -0.3 is 24.8 Å². The van der Waals surface area contributed by atoms with Gasteiger partial charge in [-0.25, -0.2) is 9.37 Å². The van der Waals surface area contributed by atoms with E-state index < -0.39 is 24.1 Å². The number of carbonyl (C=O) groups excluding carboxylic acids is 2. The van der Waals surface area contributed by atoms with Gasteiger partial charge in [0.15, 0.2) is 0 Å². The van der Waals surface area contributed by atoms with Crippen LogP contribution < -0.4 is 15.4 Å². The third-order valence-electron chi connectivity index (χ3n) is 6.62. The summed E-state index contributed by atoms with van der Waals surface area (Å²) in [7, 11) is 3.91. The first-order valence-corrected chi connectivity index (χ1v) is 12.7. The molecule has 0 radical (unpaired) electrons. The first kappa shape index (κ1) is 27.2. The van der Waals surface area contributed by atoms with E-state index in [4.69, 9.17) is 0 Å². The predicted molar refractivity (Wildman–Crippen MR) is 142 cm³/mol. The minimum Gasteiger partial charge on any atom is -0.433 e. The SMILES string of the molecule is C[C@@H]1CNC(=O)c2cc3ccc(C(=O)Nc4cc(F)c(-c5cnn(CCCN(C)C)c5)cc4OC(F)F)nc3n21. The number of pyridine rings is 1. The zero-order valence-electron chi connectivity index (χ0n) is 22.1. The zero-order valence-corrected chi connectivity index (χ0v) is 22.1. The molecule has 13 heteroatoms. The standard InChI is InChI=1S/C27H28F3N7O3/c1-15-12-31-26(39)22-9-16-5-6-20(33-24(16)37(15)22)25(38)34-21-11-19(28)18(10-23(21)40-27(29)30)17-13-32-36(14-17)8-4-7-35(2)3/h5-6,9-11,13-15,27H,4,7-8,12H2,1-3H3,(H,31,39)(H,34,38)/t15-/m1/s1. The quantitative estimate of drug-likeness (QED) is 0.322. The van der Waals surface area contributed by atoms with Gasteiger partial charge >= 0.3 is 6.61 Å². The Bertz CT molecular complexity index is 1580. The molecular weight excluding hydrogens is 527 g/mol. The first-order valence-electron chi connectivity index (χ1n) is 12.7. The molecular formula is C27H28F3N7O3. The van der Waals surface area contributed by atoms with Crippen LogP contribution in [-0.2, 0) is 6.54 Å². The number of amides is 2. The largest absolute Gasteiger partial charge is 0.433 e. The molecule has 0 saturated carbocycles. The average Bonchev–Trinajstić information content (AvgIpc) is 3.52. The third-order valence-corrected chi connectivity index (χ3v) is 6.62. The Hall–Kier alpha value is -4.39. The summed E-state index contributed by atoms with van der Waals surface area (Å²) in [5.41, 5.74) is 0.903. The molecule has 4 aromatic rings. The van der Waals surface area contributed by atoms with Gasteiger partial charge in [-0.15, -0.1) is 0 Å². The maximum atomic E-state index is 15.2. The number of halogens is 3. The van der Waals surface area contributed by atoms with Crippen LogP contribution in [0.4, 0.5) is 18.9 Å². The Labute approximate surface area is 227 Å². The van der Waals surface area contributed by atoms with Gasteiger partial charge in [-0.2, -0.15) is 13.9 Å². The molecule has 0 spiro atoms. The van der Waals surface area contributed by atoms with Crippen molar-refractivity contribution in [1.82, 2.24) is 29.5 Å². The highest BCUT2D eigenvalue weighted by atomic mass is 19.3. The van der Waals surface area contributed by atoms with E-state index in [1.807, 2.05) is 25.9 Å². The molecule has 5 rings (SSSR count). The molecule has 40 heavy (non-hydrogen) atoms. The monoisotopic (exact) mass is 555 g/mol. The van der Waals surface area contributed by atoms with Crippen LogP contribution in [0.3, 0.4) is 0 Å². The van der Waals surface area contributed by atoms with Crippen LogP contribution in [0, 0.1) is 5.82 Å². The number of alkyl halides is 2. The number of aromatic nitrogens is 4. The summed E-state index contributed by atoms with van der Waals surface area (Å²) < 4.78 is 49.8. The summed E-state index contributed by atoms with van der Waals surface area (Å²) in [6, 6.07) is 6.70. The molecule has 0 fully saturated rings. The van der Waals surface area contributed by atoms with Crippen LogP contribution in [-0.4, -0.2) is 69.8 Å². The van der Waals surface area contributed by atoms with Gasteiger partial charge in [0.25, 0.3) is 11.8 Å². The fraction of sp³-hybridized carbons (Fsp3) is 0.333. The van der Waals surface area contributed by atoms with Crippen LogP contribution in [0.1, 0.15) is 40.4 Å². The molecule has 210 valence electrons. The molecule has 1 aromatic carbocycles. The van der Waals surface area contributed by atoms with Crippen LogP contribution in [0.25, 0.3) is 22.2 Å². The Kier molecular flexibility index (Phi) is 7.48. The van der Waals surface area contributed by atoms with E-state index in [0.29, 0.717) is 35.4 Å². The third kappa shape index (κ3) is 5.50. The average molecular weight is 556 g/mol. The molecule has 0 aliphatic carbocycles. The van der Waals surface area contributed by atoms with Crippen molar-refractivity contribution in [3.05, 3.63) is 59.9 Å². The summed E-state index contributed by atoms with van der Waals surface area (Å²) in [5, 5.41) is 10.1. The summed E-state index contributed by atoms with van der Waals surface area (Å²) in [4.78, 5) is 31.8. The normalized spacial score (nSPS) is 15.0. The smallest absolute Gasteiger partial charge is 0.387 e. The van der Waals surface area contributed by atoms with E-state index in [2.05, 4.69) is 25.5 Å². The van der Waals surface area contributed by atoms with Crippen molar-refractivity contribution in [3.8, 4) is 16.9 Å². The van der Waals surface area contributed by atoms with Crippen molar-refractivity contribution < 1.29 is 27.5 Å². The second kappa shape index (κ2) is 11.0. The van der Waals surface area contributed by atoms with Crippen molar-refractivity contribution in [2.24, 2.45) is 0 Å². The van der Waals surface area contributed by atoms with E-state index in [1.165, 1.54) is 12.3 Å². The molecule has 0 bridgehead atoms. The number of fused-ring (bicyclic) bond motifs is 3. The lowest BCUT2D eigenvalue weighted by atomic mass is 10.1. The molecule has 1 atom stereocenters. The molecule has 10 nitrogen and oxygen atoms in total. The predicted octanol–water partition coefficient (Wildman–Crippen LogP) is 4.15. The van der Waals surface area contributed by atoms with Crippen molar-refractivity contribution >= 4 is 28.5 Å². The second-order valence-electron chi connectivity index (χ2n) is 9.88. The maximum absolute atomic E-state index is 15.2. The second-order valence-corrected chi connectivity index (χ2v) is 9.88. The summed E-state index contributed by atoms with van der Waals surface area (Å²) in [5.74, 6) is -2.17. The van der Waals surface area contributed by atoms with Crippen molar-refractivity contribution in [1.29, 1.82) is 0 Å². The van der Waals surface area contributed by atoms with E-state index in [-0.39, 0.29) is 28.9 Å². The highest BCUT2D eigenvalue weighted by Crippen LogP contribution is 2.35. The molecule has 0 saturated heterocycles. The number of nitrogens with one attached hydrogen (secondary N) is 2. The number of rotatable bonds is 9. The summed E-state index contributed by atoms with van der Waals surface area (Å²) in [6.45, 7) is 0.538. The lowest BCUT2D eigenvalue weighted by molar-refractivity contribution is -0.0493. The van der Waals surface area contributed by atoms with E-state index in [1.54, 1.807) is 27.6 Å². The maximum Gasteiger partial charge on any atom is 0.387 e. The van der Waals surface area contributed by atoms with Gasteiger partial charge in [0.05, 0.1) is 17.9 Å². The Morgan fingerprint density at radius 1 is 1.27 bits per heavy atom. The molecule has 0 unspecified atom stereocenters. The van der Waals surface area contributed by atoms with Crippen molar-refractivity contribution in [3.63, 3.8) is 0 Å². The highest BCUT2D eigenvalue weighted by molar-refractivity contribution is 6.05. The number of ether oxygens (including phenoxy) is 1. The van der Waals surface area contributed by atoms with Gasteiger partial charge in [0.1, 0.15) is 28.6 Å². The van der Waals surface area contributed by atoms with E-state index >= 15 is 4.39 Å². The Morgan fingerprint density at radius 2 is 2.08 bits per heavy atom. The van der Waals surface area contributed by atoms with E-state index in [9.17, 15) is 18.4 Å². The van der Waals surface area contributed by atoms with Gasteiger partial charge in [0, 0.05) is 41.9 Å². The first-order chi connectivity index (χ1) is 19.1. The minimum atomic E-state index is -3.21. The molecule has 3 aromatic heterocycles. The van der Waals surface area contributed by atoms with Crippen LogP contribution in [0.5, 0.6) is 5.75 Å². The van der Waals surface area contributed by atoms with Gasteiger partial charge in [-0.1, -0.05) is 0 Å². The number of benzene rings is 1. The Morgan fingerprint density at radius 3 is 2.83 bits per heavy atom. The molecule has 1 aliphatic rings. The van der Waals surface area contributed by atoms with Crippen LogP contribution >= 0.6 is 0 Å². The summed E-state index contributed by atoms with van der Waals surface area (Å²) >= 11 is 0. The van der Waals surface area contributed by atoms with Gasteiger partial charge in [-0.3, -0.25) is 14.3 Å². The van der Waals surface area contributed by atoms with Gasteiger partial charge in [-0.05, 0) is 58.3 Å². The highest BCUT2D eigenvalue weighted by Gasteiger charge is 2.26. The number of nitrogens with zero attached hydrogens (tertiary/aromatic N) is 5. The number of anilines is 1. The molecule has 1 aliphatic heterocycles. The fourth-order valence-corrected chi connectivity index (χ4v) is 4.69. The van der Waals surface area contributed by atoms with Crippen molar-refractivity contribution in [2.75, 3.05) is 32.5 Å².